The Morgan fingerprint density at radius 2 is 2.00 bits per heavy atom. The maximum atomic E-state index is 5.27. The van der Waals surface area contributed by atoms with Gasteiger partial charge in [0.05, 0.1) is 6.10 Å². The van der Waals surface area contributed by atoms with E-state index in [9.17, 15) is 0 Å². The van der Waals surface area contributed by atoms with Gasteiger partial charge in [-0.15, -0.1) is 0 Å². The molecule has 1 aliphatic carbocycles. The van der Waals surface area contributed by atoms with Gasteiger partial charge in [0, 0.05) is 12.5 Å². The highest BCUT2D eigenvalue weighted by atomic mass is 16.5. The quantitative estimate of drug-likeness (QED) is 0.539. The summed E-state index contributed by atoms with van der Waals surface area (Å²) in [7, 11) is 1.75. The third-order valence-electron chi connectivity index (χ3n) is 1.91. The summed E-state index contributed by atoms with van der Waals surface area (Å²) >= 11 is 0. The summed E-state index contributed by atoms with van der Waals surface area (Å²) in [6, 6.07) is 0. The van der Waals surface area contributed by atoms with Crippen molar-refractivity contribution >= 4 is 0 Å². The molecule has 0 fully saturated rings. The van der Waals surface area contributed by atoms with Crippen molar-refractivity contribution in [2.45, 2.75) is 20.0 Å². The van der Waals surface area contributed by atoms with E-state index in [0.29, 0.717) is 0 Å². The van der Waals surface area contributed by atoms with Crippen molar-refractivity contribution in [1.29, 1.82) is 0 Å². The van der Waals surface area contributed by atoms with Crippen LogP contribution in [0.4, 0.5) is 0 Å². The lowest BCUT2D eigenvalue weighted by molar-refractivity contribution is 0.0675. The van der Waals surface area contributed by atoms with Gasteiger partial charge in [-0.3, -0.25) is 0 Å². The van der Waals surface area contributed by atoms with E-state index in [1.807, 2.05) is 6.08 Å². The molecule has 0 N–H and O–H groups in total. The zero-order valence-electron chi connectivity index (χ0n) is 6.79. The first-order chi connectivity index (χ1) is 4.67. The number of hydrogen-bond acceptors (Lipinski definition) is 1. The van der Waals surface area contributed by atoms with E-state index in [4.69, 9.17) is 4.74 Å². The van der Waals surface area contributed by atoms with Crippen LogP contribution in [0.3, 0.4) is 0 Å². The lowest BCUT2D eigenvalue weighted by Crippen LogP contribution is -2.28. The van der Waals surface area contributed by atoms with Crippen molar-refractivity contribution in [3.05, 3.63) is 24.3 Å². The number of rotatable bonds is 1. The average Bonchev–Trinajstić information content (AvgIpc) is 1.87. The van der Waals surface area contributed by atoms with Gasteiger partial charge in [0.2, 0.25) is 0 Å². The Labute approximate surface area is 62.4 Å². The predicted octanol–water partition coefficient (Wildman–Crippen LogP) is 2.15. The van der Waals surface area contributed by atoms with Crippen LogP contribution < -0.4 is 0 Å². The molecule has 1 heteroatoms. The van der Waals surface area contributed by atoms with E-state index in [1.165, 1.54) is 0 Å². The van der Waals surface area contributed by atoms with Crippen molar-refractivity contribution in [2.75, 3.05) is 7.11 Å². The molecule has 1 unspecified atom stereocenters. The molecule has 0 heterocycles. The molecular formula is C9H14O. The molecule has 0 aliphatic heterocycles. The summed E-state index contributed by atoms with van der Waals surface area (Å²) in [5, 5.41) is 0. The van der Waals surface area contributed by atoms with Crippen LogP contribution in [0.1, 0.15) is 13.8 Å². The van der Waals surface area contributed by atoms with Crippen LogP contribution in [0.15, 0.2) is 24.3 Å². The maximum absolute atomic E-state index is 5.27. The summed E-state index contributed by atoms with van der Waals surface area (Å²) in [5.41, 5.74) is 0.156. The zero-order valence-corrected chi connectivity index (χ0v) is 6.79. The smallest absolute Gasteiger partial charge is 0.0840 e. The Hall–Kier alpha value is -0.560. The van der Waals surface area contributed by atoms with Crippen LogP contribution >= 0.6 is 0 Å². The first kappa shape index (κ1) is 7.55. The highest BCUT2D eigenvalue weighted by Gasteiger charge is 2.25. The molecule has 0 saturated heterocycles. The second-order valence-corrected chi connectivity index (χ2v) is 3.22. The molecule has 0 bridgehead atoms. The van der Waals surface area contributed by atoms with E-state index >= 15 is 0 Å². The van der Waals surface area contributed by atoms with E-state index < -0.39 is 0 Å². The molecule has 0 aromatic heterocycles. The van der Waals surface area contributed by atoms with Crippen molar-refractivity contribution in [1.82, 2.24) is 0 Å². The van der Waals surface area contributed by atoms with Crippen molar-refractivity contribution in [2.24, 2.45) is 5.41 Å². The van der Waals surface area contributed by atoms with E-state index in [0.717, 1.165) is 0 Å². The SMILES string of the molecule is COC1C=CC=CC1(C)C. The second kappa shape index (κ2) is 2.59. The summed E-state index contributed by atoms with van der Waals surface area (Å²) in [5.74, 6) is 0. The molecule has 10 heavy (non-hydrogen) atoms. The monoisotopic (exact) mass is 138 g/mol. The third-order valence-corrected chi connectivity index (χ3v) is 1.91. The van der Waals surface area contributed by atoms with Crippen molar-refractivity contribution in [3.63, 3.8) is 0 Å². The topological polar surface area (TPSA) is 9.23 Å². The molecule has 1 aliphatic rings. The Morgan fingerprint density at radius 3 is 2.40 bits per heavy atom. The third kappa shape index (κ3) is 1.29. The van der Waals surface area contributed by atoms with E-state index in [2.05, 4.69) is 32.1 Å². The summed E-state index contributed by atoms with van der Waals surface area (Å²) < 4.78 is 5.27. The average molecular weight is 138 g/mol. The molecule has 0 aromatic carbocycles. The predicted molar refractivity (Wildman–Crippen MR) is 42.9 cm³/mol. The number of ether oxygens (including phenoxy) is 1. The molecule has 56 valence electrons. The second-order valence-electron chi connectivity index (χ2n) is 3.22. The summed E-state index contributed by atoms with van der Waals surface area (Å²) in [6.45, 7) is 4.34. The van der Waals surface area contributed by atoms with Gasteiger partial charge in [0.25, 0.3) is 0 Å². The molecule has 1 nitrogen and oxygen atoms in total. The van der Waals surface area contributed by atoms with Gasteiger partial charge in [-0.1, -0.05) is 38.2 Å². The highest BCUT2D eigenvalue weighted by molar-refractivity contribution is 5.19. The van der Waals surface area contributed by atoms with Crippen LogP contribution in [0.2, 0.25) is 0 Å². The molecule has 0 aromatic rings. The van der Waals surface area contributed by atoms with Crippen LogP contribution in [-0.2, 0) is 4.74 Å². The summed E-state index contributed by atoms with van der Waals surface area (Å²) in [4.78, 5) is 0. The first-order valence-corrected chi connectivity index (χ1v) is 3.55. The van der Waals surface area contributed by atoms with Gasteiger partial charge >= 0.3 is 0 Å². The Morgan fingerprint density at radius 1 is 1.30 bits per heavy atom. The minimum atomic E-state index is 0.156. The van der Waals surface area contributed by atoms with Crippen LogP contribution in [0.25, 0.3) is 0 Å². The fourth-order valence-electron chi connectivity index (χ4n) is 1.19. The van der Waals surface area contributed by atoms with E-state index in [-0.39, 0.29) is 11.5 Å². The van der Waals surface area contributed by atoms with Gasteiger partial charge in [0.1, 0.15) is 0 Å². The normalized spacial score (nSPS) is 28.9. The molecule has 0 saturated carbocycles. The molecule has 1 atom stereocenters. The summed E-state index contributed by atoms with van der Waals surface area (Å²) in [6.07, 6.45) is 8.58. The molecule has 0 spiro atoms. The standard InChI is InChI=1S/C9H14O/c1-9(2)7-5-4-6-8(9)10-3/h4-8H,1-3H3. The zero-order chi connectivity index (χ0) is 7.61. The number of methoxy groups -OCH3 is 1. The van der Waals surface area contributed by atoms with Crippen LogP contribution in [0, 0.1) is 5.41 Å². The molecular weight excluding hydrogens is 124 g/mol. The van der Waals surface area contributed by atoms with E-state index in [1.54, 1.807) is 7.11 Å². The Kier molecular flexibility index (Phi) is 1.95. The maximum Gasteiger partial charge on any atom is 0.0840 e. The lowest BCUT2D eigenvalue weighted by atomic mass is 9.83. The Balaban J connectivity index is 2.74. The Bertz CT molecular complexity index is 166. The molecule has 1 rings (SSSR count). The highest BCUT2D eigenvalue weighted by Crippen LogP contribution is 2.28. The minimum absolute atomic E-state index is 0.156. The minimum Gasteiger partial charge on any atom is -0.376 e. The first-order valence-electron chi connectivity index (χ1n) is 3.55. The van der Waals surface area contributed by atoms with Gasteiger partial charge < -0.3 is 4.74 Å². The molecule has 0 radical (unpaired) electrons. The van der Waals surface area contributed by atoms with Crippen LogP contribution in [0.5, 0.6) is 0 Å². The largest absolute Gasteiger partial charge is 0.376 e. The van der Waals surface area contributed by atoms with Crippen molar-refractivity contribution < 1.29 is 4.74 Å². The number of hydrogen-bond donors (Lipinski definition) is 0. The van der Waals surface area contributed by atoms with Gasteiger partial charge in [-0.05, 0) is 0 Å². The fourth-order valence-corrected chi connectivity index (χ4v) is 1.19. The molecule has 0 amide bonds. The van der Waals surface area contributed by atoms with Crippen LogP contribution in [-0.4, -0.2) is 13.2 Å². The van der Waals surface area contributed by atoms with Gasteiger partial charge in [-0.2, -0.15) is 0 Å². The van der Waals surface area contributed by atoms with Gasteiger partial charge in [0.15, 0.2) is 0 Å². The van der Waals surface area contributed by atoms with Crippen molar-refractivity contribution in [3.8, 4) is 0 Å². The lowest BCUT2D eigenvalue weighted by Gasteiger charge is -2.29. The van der Waals surface area contributed by atoms with Gasteiger partial charge in [-0.25, -0.2) is 0 Å². The fraction of sp³-hybridized carbons (Fsp3) is 0.556. The number of allylic oxidation sites excluding steroid dienone is 2.